The molecule has 1 aliphatic rings. The van der Waals surface area contributed by atoms with E-state index in [-0.39, 0.29) is 47.8 Å². The molecule has 0 atom stereocenters. The zero-order valence-corrected chi connectivity index (χ0v) is 22.7. The molecule has 1 aliphatic carbocycles. The quantitative estimate of drug-likeness (QED) is 0.264. The average molecular weight is 616 g/mol. The zero-order valence-electron chi connectivity index (χ0n) is 21.2. The molecule has 0 saturated heterocycles. The molecule has 4 rings (SSSR count). The Morgan fingerprint density at radius 3 is 2.20 bits per heavy atom. The first kappa shape index (κ1) is 30.4. The number of rotatable bonds is 8. The molecule has 0 spiro atoms. The second-order valence-electron chi connectivity index (χ2n) is 9.73. The summed E-state index contributed by atoms with van der Waals surface area (Å²) in [6, 6.07) is 3.99. The lowest BCUT2D eigenvalue weighted by molar-refractivity contribution is -0.148. The van der Waals surface area contributed by atoms with Crippen LogP contribution in [0.3, 0.4) is 0 Å². The molecule has 0 bridgehead atoms. The molecule has 2 heterocycles. The Bertz CT molecular complexity index is 1450. The minimum absolute atomic E-state index is 0.0159. The Labute approximate surface area is 240 Å². The largest absolute Gasteiger partial charge is 0.480 e. The molecule has 218 valence electrons. The van der Waals surface area contributed by atoms with Crippen molar-refractivity contribution in [2.45, 2.75) is 50.0 Å². The van der Waals surface area contributed by atoms with Crippen LogP contribution in [0.25, 0.3) is 0 Å². The van der Waals surface area contributed by atoms with Gasteiger partial charge in [0.15, 0.2) is 11.5 Å². The van der Waals surface area contributed by atoms with Crippen molar-refractivity contribution in [3.05, 3.63) is 81.1 Å². The Morgan fingerprint density at radius 1 is 1.07 bits per heavy atom. The fraction of sp³-hybridized carbons (Fsp3) is 0.346. The van der Waals surface area contributed by atoms with Gasteiger partial charge in [0.05, 0.1) is 40.0 Å². The third-order valence-corrected chi connectivity index (χ3v) is 7.53. The van der Waals surface area contributed by atoms with Gasteiger partial charge in [-0.05, 0) is 43.4 Å². The van der Waals surface area contributed by atoms with E-state index >= 15 is 0 Å². The third-order valence-electron chi connectivity index (χ3n) is 6.95. The number of carboxylic acids is 1. The van der Waals surface area contributed by atoms with Crippen LogP contribution < -0.4 is 5.73 Å². The summed E-state index contributed by atoms with van der Waals surface area (Å²) in [4.78, 5) is 42.9. The van der Waals surface area contributed by atoms with Gasteiger partial charge >= 0.3 is 12.1 Å². The van der Waals surface area contributed by atoms with Crippen molar-refractivity contribution >= 4 is 40.9 Å². The van der Waals surface area contributed by atoms with Gasteiger partial charge < -0.3 is 15.7 Å². The Kier molecular flexibility index (Phi) is 8.71. The number of Topliss-reactive ketones (excluding diaryl/α,β-unsaturated/α-hetero) is 1. The van der Waals surface area contributed by atoms with Gasteiger partial charge in [-0.25, -0.2) is 4.39 Å². The molecule has 1 fully saturated rings. The van der Waals surface area contributed by atoms with E-state index in [1.165, 1.54) is 12.1 Å². The lowest BCUT2D eigenvalue weighted by Crippen LogP contribution is -2.50. The monoisotopic (exact) mass is 615 g/mol. The molecular formula is C26H23Cl2F4N5O4. The van der Waals surface area contributed by atoms with Crippen molar-refractivity contribution in [3.8, 4) is 0 Å². The number of nitrogens with two attached hydrogens (primary N) is 1. The van der Waals surface area contributed by atoms with Crippen LogP contribution in [0.15, 0.2) is 42.9 Å². The van der Waals surface area contributed by atoms with Crippen LogP contribution in [0.1, 0.15) is 63.7 Å². The summed E-state index contributed by atoms with van der Waals surface area (Å²) >= 11 is 12.2. The number of carbonyl (C=O) groups excluding carboxylic acids is 2. The van der Waals surface area contributed by atoms with Crippen LogP contribution in [0.2, 0.25) is 10.0 Å². The maximum atomic E-state index is 14.4. The fourth-order valence-electron chi connectivity index (χ4n) is 4.76. The SMILES string of the molecule is N[C@]1(C(=O)O)CC[C@@H](n2ncc(C(=O)N(CC(=O)c3c(Cl)cncc3Cl)Cc3ccc(F)cc3)c2C(F)(F)F)CC1. The molecule has 2 aromatic heterocycles. The lowest BCUT2D eigenvalue weighted by Gasteiger charge is -2.34. The van der Waals surface area contributed by atoms with Gasteiger partial charge in [-0.2, -0.15) is 18.3 Å². The first-order valence-corrected chi connectivity index (χ1v) is 13.0. The van der Waals surface area contributed by atoms with E-state index < -0.39 is 59.0 Å². The topological polar surface area (TPSA) is 131 Å². The minimum Gasteiger partial charge on any atom is -0.480 e. The summed E-state index contributed by atoms with van der Waals surface area (Å²) < 4.78 is 57.4. The number of aromatic nitrogens is 3. The van der Waals surface area contributed by atoms with E-state index in [9.17, 15) is 37.1 Å². The van der Waals surface area contributed by atoms with E-state index in [2.05, 4.69) is 10.1 Å². The normalized spacial score (nSPS) is 19.1. The van der Waals surface area contributed by atoms with Crippen molar-refractivity contribution in [1.82, 2.24) is 19.7 Å². The first-order chi connectivity index (χ1) is 19.2. The molecule has 1 saturated carbocycles. The number of aliphatic carboxylic acids is 1. The molecular weight excluding hydrogens is 593 g/mol. The van der Waals surface area contributed by atoms with Crippen LogP contribution >= 0.6 is 23.2 Å². The number of carboxylic acid groups (broad SMARTS) is 1. The van der Waals surface area contributed by atoms with Gasteiger partial charge in [0.1, 0.15) is 11.4 Å². The molecule has 0 unspecified atom stereocenters. The van der Waals surface area contributed by atoms with Crippen LogP contribution in [-0.4, -0.2) is 54.5 Å². The fourth-order valence-corrected chi connectivity index (χ4v) is 5.34. The van der Waals surface area contributed by atoms with Crippen LogP contribution in [0.4, 0.5) is 17.6 Å². The summed E-state index contributed by atoms with van der Waals surface area (Å²) in [7, 11) is 0. The van der Waals surface area contributed by atoms with Crippen molar-refractivity contribution in [1.29, 1.82) is 0 Å². The number of ketones is 1. The van der Waals surface area contributed by atoms with Crippen LogP contribution in [0.5, 0.6) is 0 Å². The Hall–Kier alpha value is -3.55. The summed E-state index contributed by atoms with van der Waals surface area (Å²) in [5.41, 5.74) is 2.30. The van der Waals surface area contributed by atoms with Crippen molar-refractivity contribution in [2.24, 2.45) is 5.73 Å². The van der Waals surface area contributed by atoms with E-state index in [1.807, 2.05) is 0 Å². The molecule has 1 aromatic carbocycles. The maximum Gasteiger partial charge on any atom is 0.433 e. The highest BCUT2D eigenvalue weighted by atomic mass is 35.5. The highest BCUT2D eigenvalue weighted by Gasteiger charge is 2.45. The molecule has 9 nitrogen and oxygen atoms in total. The Morgan fingerprint density at radius 2 is 1.66 bits per heavy atom. The maximum absolute atomic E-state index is 14.4. The molecule has 3 N–H and O–H groups in total. The number of nitrogens with zero attached hydrogens (tertiary/aromatic N) is 4. The third kappa shape index (κ3) is 6.52. The smallest absolute Gasteiger partial charge is 0.433 e. The highest BCUT2D eigenvalue weighted by Crippen LogP contribution is 2.40. The van der Waals surface area contributed by atoms with Crippen molar-refractivity contribution in [2.75, 3.05) is 6.54 Å². The van der Waals surface area contributed by atoms with E-state index in [1.54, 1.807) is 0 Å². The van der Waals surface area contributed by atoms with E-state index in [4.69, 9.17) is 28.9 Å². The zero-order chi connectivity index (χ0) is 30.1. The molecule has 41 heavy (non-hydrogen) atoms. The van der Waals surface area contributed by atoms with Gasteiger partial charge in [-0.3, -0.25) is 24.0 Å². The van der Waals surface area contributed by atoms with E-state index in [0.717, 1.165) is 35.6 Å². The lowest BCUT2D eigenvalue weighted by atomic mass is 9.80. The molecule has 3 aromatic rings. The van der Waals surface area contributed by atoms with Gasteiger partial charge in [-0.15, -0.1) is 0 Å². The van der Waals surface area contributed by atoms with Crippen molar-refractivity contribution in [3.63, 3.8) is 0 Å². The summed E-state index contributed by atoms with van der Waals surface area (Å²) in [5.74, 6) is -3.76. The highest BCUT2D eigenvalue weighted by molar-refractivity contribution is 6.39. The number of carbonyl (C=O) groups is 3. The van der Waals surface area contributed by atoms with E-state index in [0.29, 0.717) is 10.2 Å². The van der Waals surface area contributed by atoms with Crippen molar-refractivity contribution < 1.29 is 37.1 Å². The second kappa shape index (κ2) is 11.7. The molecule has 0 radical (unpaired) electrons. The summed E-state index contributed by atoms with van der Waals surface area (Å²) in [6.07, 6.45) is -2.17. The first-order valence-electron chi connectivity index (χ1n) is 12.2. The van der Waals surface area contributed by atoms with Gasteiger partial charge in [0, 0.05) is 18.9 Å². The number of alkyl halides is 3. The van der Waals surface area contributed by atoms with Crippen LogP contribution in [-0.2, 0) is 17.5 Å². The summed E-state index contributed by atoms with van der Waals surface area (Å²) in [6.45, 7) is -1.08. The number of hydrogen-bond acceptors (Lipinski definition) is 6. The second-order valence-corrected chi connectivity index (χ2v) is 10.5. The number of pyridine rings is 1. The molecule has 1 amide bonds. The Balaban J connectivity index is 1.71. The molecule has 0 aliphatic heterocycles. The predicted octanol–water partition coefficient (Wildman–Crippen LogP) is 5.17. The van der Waals surface area contributed by atoms with Gasteiger partial charge in [-0.1, -0.05) is 35.3 Å². The number of hydrogen-bond donors (Lipinski definition) is 2. The predicted molar refractivity (Wildman–Crippen MR) is 139 cm³/mol. The summed E-state index contributed by atoms with van der Waals surface area (Å²) in [5, 5.41) is 13.0. The van der Waals surface area contributed by atoms with Gasteiger partial charge in [0.25, 0.3) is 5.91 Å². The average Bonchev–Trinajstić information content (AvgIpc) is 3.35. The standard InChI is InChI=1S/C26H23Cl2F4N5O4/c27-18-10-34-11-19(28)21(18)20(38)13-36(12-14-1-3-15(29)4-2-14)23(39)17-9-35-37(22(17)26(30,31)32)16-5-7-25(33,8-6-16)24(40)41/h1-4,9-11,16H,5-8,12-13,33H2,(H,40,41)/t16-,25-. The number of benzene rings is 1. The molecule has 15 heteroatoms. The van der Waals surface area contributed by atoms with Crippen LogP contribution in [0, 0.1) is 5.82 Å². The number of amides is 1. The number of halogens is 6. The van der Waals surface area contributed by atoms with Gasteiger partial charge in [0.2, 0.25) is 0 Å². The minimum atomic E-state index is -5.03.